The van der Waals surface area contributed by atoms with Gasteiger partial charge < -0.3 is 25.4 Å². The fraction of sp³-hybridized carbons (Fsp3) is 0.417. The Morgan fingerprint density at radius 1 is 0.938 bits per heavy atom. The summed E-state index contributed by atoms with van der Waals surface area (Å²) in [5, 5.41) is 9.39. The normalized spacial score (nSPS) is 11.2. The molecule has 7 nitrogen and oxygen atoms in total. The van der Waals surface area contributed by atoms with Crippen molar-refractivity contribution in [2.75, 3.05) is 40.0 Å². The first kappa shape index (κ1) is 25.1. The number of methoxy groups -OCH3 is 1. The molecule has 0 spiro atoms. The van der Waals surface area contributed by atoms with Crippen molar-refractivity contribution in [1.29, 1.82) is 0 Å². The molecule has 0 radical (unpaired) electrons. The van der Waals surface area contributed by atoms with E-state index in [1.54, 1.807) is 19.2 Å². The van der Waals surface area contributed by atoms with Gasteiger partial charge in [0.2, 0.25) is 5.91 Å². The zero-order valence-corrected chi connectivity index (χ0v) is 18.8. The number of amides is 1. The second-order valence-electron chi connectivity index (χ2n) is 7.07. The van der Waals surface area contributed by atoms with Gasteiger partial charge in [0.25, 0.3) is 0 Å². The molecule has 0 heterocycles. The van der Waals surface area contributed by atoms with E-state index in [0.29, 0.717) is 38.8 Å². The number of guanidine groups is 1. The van der Waals surface area contributed by atoms with Gasteiger partial charge in [-0.25, -0.2) is 9.38 Å². The van der Waals surface area contributed by atoms with Crippen molar-refractivity contribution in [2.24, 2.45) is 4.99 Å². The number of hydrogen-bond acceptors (Lipinski definition) is 4. The number of carbonyl (C=O) groups is 1. The molecule has 0 atom stereocenters. The van der Waals surface area contributed by atoms with E-state index in [1.165, 1.54) is 12.1 Å². The SMILES string of the molecule is CCOCCCNC(=NCc1ccc(OC)cc1)NCCNC(=O)Cc1ccc(F)cc1. The van der Waals surface area contributed by atoms with Gasteiger partial charge in [0.05, 0.1) is 20.1 Å². The molecule has 32 heavy (non-hydrogen) atoms. The first-order valence-electron chi connectivity index (χ1n) is 10.8. The quantitative estimate of drug-likeness (QED) is 0.251. The van der Waals surface area contributed by atoms with Gasteiger partial charge in [-0.1, -0.05) is 24.3 Å². The molecule has 0 saturated heterocycles. The number of ether oxygens (including phenoxy) is 2. The lowest BCUT2D eigenvalue weighted by Gasteiger charge is -2.13. The number of halogens is 1. The second-order valence-corrected chi connectivity index (χ2v) is 7.07. The number of nitrogens with one attached hydrogen (secondary N) is 3. The zero-order chi connectivity index (χ0) is 23.0. The van der Waals surface area contributed by atoms with Crippen molar-refractivity contribution in [3.63, 3.8) is 0 Å². The van der Waals surface area contributed by atoms with E-state index in [1.807, 2.05) is 31.2 Å². The van der Waals surface area contributed by atoms with Gasteiger partial charge in [-0.05, 0) is 48.7 Å². The molecule has 0 aromatic heterocycles. The van der Waals surface area contributed by atoms with Gasteiger partial charge in [-0.15, -0.1) is 0 Å². The van der Waals surface area contributed by atoms with Crippen LogP contribution in [-0.4, -0.2) is 51.8 Å². The van der Waals surface area contributed by atoms with Crippen molar-refractivity contribution in [3.05, 3.63) is 65.5 Å². The van der Waals surface area contributed by atoms with E-state index < -0.39 is 0 Å². The molecule has 1 amide bonds. The van der Waals surface area contributed by atoms with E-state index in [9.17, 15) is 9.18 Å². The average Bonchev–Trinajstić information content (AvgIpc) is 2.81. The van der Waals surface area contributed by atoms with E-state index in [2.05, 4.69) is 20.9 Å². The van der Waals surface area contributed by atoms with Crippen LogP contribution in [0, 0.1) is 5.82 Å². The smallest absolute Gasteiger partial charge is 0.224 e. The Bertz CT molecular complexity index is 826. The second kappa shape index (κ2) is 14.8. The summed E-state index contributed by atoms with van der Waals surface area (Å²) >= 11 is 0. The van der Waals surface area contributed by atoms with Gasteiger partial charge in [0, 0.05) is 32.8 Å². The predicted octanol–water partition coefficient (Wildman–Crippen LogP) is 2.66. The Balaban J connectivity index is 1.79. The minimum atomic E-state index is -0.312. The zero-order valence-electron chi connectivity index (χ0n) is 18.8. The van der Waals surface area contributed by atoms with Crippen molar-refractivity contribution in [2.45, 2.75) is 26.3 Å². The first-order chi connectivity index (χ1) is 15.6. The Morgan fingerprint density at radius 2 is 1.59 bits per heavy atom. The van der Waals surface area contributed by atoms with Crippen LogP contribution in [0.2, 0.25) is 0 Å². The maximum absolute atomic E-state index is 13.0. The van der Waals surface area contributed by atoms with Crippen LogP contribution in [-0.2, 0) is 22.5 Å². The highest BCUT2D eigenvalue weighted by molar-refractivity contribution is 5.80. The molecule has 2 aromatic rings. The summed E-state index contributed by atoms with van der Waals surface area (Å²) in [6.45, 7) is 5.58. The van der Waals surface area contributed by atoms with Crippen LogP contribution in [0.1, 0.15) is 24.5 Å². The van der Waals surface area contributed by atoms with Gasteiger partial charge in [-0.3, -0.25) is 4.79 Å². The molecule has 2 aromatic carbocycles. The molecular weight excluding hydrogens is 411 g/mol. The number of carbonyl (C=O) groups excluding carboxylic acids is 1. The highest BCUT2D eigenvalue weighted by atomic mass is 19.1. The summed E-state index contributed by atoms with van der Waals surface area (Å²) < 4.78 is 23.5. The Labute approximate surface area is 189 Å². The highest BCUT2D eigenvalue weighted by Gasteiger charge is 2.04. The molecule has 174 valence electrons. The fourth-order valence-electron chi connectivity index (χ4n) is 2.83. The van der Waals surface area contributed by atoms with Crippen molar-refractivity contribution < 1.29 is 18.7 Å². The summed E-state index contributed by atoms with van der Waals surface area (Å²) in [6.07, 6.45) is 1.08. The van der Waals surface area contributed by atoms with E-state index in [-0.39, 0.29) is 18.1 Å². The van der Waals surface area contributed by atoms with Gasteiger partial charge in [0.1, 0.15) is 11.6 Å². The molecular formula is C24H33FN4O3. The third kappa shape index (κ3) is 10.3. The van der Waals surface area contributed by atoms with Gasteiger partial charge >= 0.3 is 0 Å². The monoisotopic (exact) mass is 444 g/mol. The van der Waals surface area contributed by atoms with E-state index >= 15 is 0 Å². The molecule has 0 aliphatic carbocycles. The van der Waals surface area contributed by atoms with Crippen molar-refractivity contribution >= 4 is 11.9 Å². The molecule has 3 N–H and O–H groups in total. The largest absolute Gasteiger partial charge is 0.497 e. The number of aliphatic imine (C=N–C) groups is 1. The Morgan fingerprint density at radius 3 is 2.28 bits per heavy atom. The minimum absolute atomic E-state index is 0.111. The van der Waals surface area contributed by atoms with Crippen LogP contribution < -0.4 is 20.7 Å². The lowest BCUT2D eigenvalue weighted by Crippen LogP contribution is -2.42. The van der Waals surface area contributed by atoms with Crippen LogP contribution in [0.25, 0.3) is 0 Å². The topological polar surface area (TPSA) is 84.0 Å². The van der Waals surface area contributed by atoms with Crippen LogP contribution in [0.15, 0.2) is 53.5 Å². The lowest BCUT2D eigenvalue weighted by molar-refractivity contribution is -0.120. The Hall–Kier alpha value is -3.13. The molecule has 0 saturated carbocycles. The van der Waals surface area contributed by atoms with E-state index in [4.69, 9.17) is 9.47 Å². The summed E-state index contributed by atoms with van der Waals surface area (Å²) in [7, 11) is 1.64. The summed E-state index contributed by atoms with van der Waals surface area (Å²) in [5.41, 5.74) is 1.84. The fourth-order valence-corrected chi connectivity index (χ4v) is 2.83. The van der Waals surface area contributed by atoms with Crippen LogP contribution in [0.3, 0.4) is 0 Å². The molecule has 2 rings (SSSR count). The standard InChI is InChI=1S/C24H33FN4O3/c1-3-32-16-4-13-27-24(29-18-20-7-11-22(31-2)12-8-20)28-15-14-26-23(30)17-19-5-9-21(25)10-6-19/h5-12H,3-4,13-18H2,1-2H3,(H,26,30)(H2,27,28,29). The van der Waals surface area contributed by atoms with Gasteiger partial charge in [-0.2, -0.15) is 0 Å². The number of benzene rings is 2. The van der Waals surface area contributed by atoms with Crippen molar-refractivity contribution in [3.8, 4) is 5.75 Å². The first-order valence-corrected chi connectivity index (χ1v) is 10.8. The maximum Gasteiger partial charge on any atom is 0.224 e. The third-order valence-corrected chi connectivity index (χ3v) is 4.56. The number of hydrogen-bond donors (Lipinski definition) is 3. The number of rotatable bonds is 13. The summed E-state index contributed by atoms with van der Waals surface area (Å²) in [6, 6.07) is 13.7. The maximum atomic E-state index is 13.0. The van der Waals surface area contributed by atoms with Crippen molar-refractivity contribution in [1.82, 2.24) is 16.0 Å². The highest BCUT2D eigenvalue weighted by Crippen LogP contribution is 2.11. The van der Waals surface area contributed by atoms with E-state index in [0.717, 1.165) is 29.8 Å². The summed E-state index contributed by atoms with van der Waals surface area (Å²) in [4.78, 5) is 16.7. The van der Waals surface area contributed by atoms with Crippen LogP contribution in [0.4, 0.5) is 4.39 Å². The molecule has 0 bridgehead atoms. The third-order valence-electron chi connectivity index (χ3n) is 4.56. The number of nitrogens with zero attached hydrogens (tertiary/aromatic N) is 1. The van der Waals surface area contributed by atoms with Crippen LogP contribution >= 0.6 is 0 Å². The average molecular weight is 445 g/mol. The minimum Gasteiger partial charge on any atom is -0.497 e. The van der Waals surface area contributed by atoms with Gasteiger partial charge in [0.15, 0.2) is 5.96 Å². The molecule has 0 fully saturated rings. The lowest BCUT2D eigenvalue weighted by atomic mass is 10.1. The predicted molar refractivity (Wildman–Crippen MR) is 124 cm³/mol. The molecule has 0 aliphatic rings. The molecule has 8 heteroatoms. The Kier molecular flexibility index (Phi) is 11.6. The molecule has 0 unspecified atom stereocenters. The molecule has 0 aliphatic heterocycles. The summed E-state index contributed by atoms with van der Waals surface area (Å²) in [5.74, 6) is 1.06. The van der Waals surface area contributed by atoms with Crippen LogP contribution in [0.5, 0.6) is 5.75 Å².